The first-order valence-corrected chi connectivity index (χ1v) is 7.89. The van der Waals surface area contributed by atoms with Crippen molar-refractivity contribution < 1.29 is 4.74 Å². The topological polar surface area (TPSA) is 73.7 Å². The van der Waals surface area contributed by atoms with Gasteiger partial charge in [-0.15, -0.1) is 0 Å². The Morgan fingerprint density at radius 3 is 2.88 bits per heavy atom. The molecule has 0 fully saturated rings. The number of nitrogens with one attached hydrogen (secondary N) is 2. The van der Waals surface area contributed by atoms with E-state index in [0.717, 1.165) is 40.1 Å². The molecule has 2 heterocycles. The van der Waals surface area contributed by atoms with Crippen LogP contribution in [0, 0.1) is 18.3 Å². The van der Waals surface area contributed by atoms with E-state index in [-0.39, 0.29) is 6.10 Å². The SMILES string of the molecule is COC(C)CNc1ccc(-c2c[nH]c3c(C#N)cccc23)nc1C. The summed E-state index contributed by atoms with van der Waals surface area (Å²) in [7, 11) is 1.70. The Labute approximate surface area is 141 Å². The zero-order chi connectivity index (χ0) is 17.1. The van der Waals surface area contributed by atoms with Crippen molar-refractivity contribution in [2.45, 2.75) is 20.0 Å². The van der Waals surface area contributed by atoms with E-state index in [0.29, 0.717) is 5.56 Å². The summed E-state index contributed by atoms with van der Waals surface area (Å²) in [5.41, 5.74) is 5.32. The van der Waals surface area contributed by atoms with Crippen LogP contribution in [0.4, 0.5) is 5.69 Å². The molecule has 0 amide bonds. The number of ether oxygens (including phenoxy) is 1. The zero-order valence-corrected chi connectivity index (χ0v) is 14.1. The molecule has 0 saturated heterocycles. The highest BCUT2D eigenvalue weighted by atomic mass is 16.5. The fraction of sp³-hybridized carbons (Fsp3) is 0.263. The number of aromatic amines is 1. The standard InChI is InChI=1S/C19H20N4O/c1-12(24-3)10-21-17-7-8-18(23-13(17)2)16-11-22-19-14(9-20)5-4-6-15(16)19/h4-8,11-12,21-22H,10H2,1-3H3. The predicted molar refractivity (Wildman–Crippen MR) is 95.9 cm³/mol. The highest BCUT2D eigenvalue weighted by Crippen LogP contribution is 2.30. The second kappa shape index (κ2) is 6.73. The number of anilines is 1. The van der Waals surface area contributed by atoms with Crippen LogP contribution >= 0.6 is 0 Å². The lowest BCUT2D eigenvalue weighted by atomic mass is 10.1. The maximum absolute atomic E-state index is 9.22. The van der Waals surface area contributed by atoms with Crippen molar-refractivity contribution in [2.75, 3.05) is 19.0 Å². The molecule has 2 aromatic heterocycles. The molecular formula is C19H20N4O. The normalized spacial score (nSPS) is 12.1. The van der Waals surface area contributed by atoms with E-state index >= 15 is 0 Å². The third kappa shape index (κ3) is 2.97. The maximum Gasteiger partial charge on any atom is 0.101 e. The van der Waals surface area contributed by atoms with Gasteiger partial charge in [-0.1, -0.05) is 12.1 Å². The first kappa shape index (κ1) is 16.0. The smallest absolute Gasteiger partial charge is 0.101 e. The molecule has 5 heteroatoms. The van der Waals surface area contributed by atoms with Crippen LogP contribution in [-0.4, -0.2) is 29.7 Å². The lowest BCUT2D eigenvalue weighted by Crippen LogP contribution is -2.18. The van der Waals surface area contributed by atoms with Gasteiger partial charge in [-0.2, -0.15) is 5.26 Å². The molecule has 3 rings (SSSR count). The molecule has 24 heavy (non-hydrogen) atoms. The van der Waals surface area contributed by atoms with Crippen molar-refractivity contribution in [2.24, 2.45) is 0 Å². The fourth-order valence-electron chi connectivity index (χ4n) is 2.69. The molecule has 0 saturated carbocycles. The van der Waals surface area contributed by atoms with Gasteiger partial charge in [0.05, 0.1) is 34.3 Å². The van der Waals surface area contributed by atoms with E-state index in [9.17, 15) is 5.26 Å². The Kier molecular flexibility index (Phi) is 4.50. The summed E-state index contributed by atoms with van der Waals surface area (Å²) < 4.78 is 5.25. The van der Waals surface area contributed by atoms with Crippen molar-refractivity contribution in [3.05, 3.63) is 47.8 Å². The summed E-state index contributed by atoms with van der Waals surface area (Å²) in [5.74, 6) is 0. The van der Waals surface area contributed by atoms with Gasteiger partial charge in [0.1, 0.15) is 6.07 Å². The Morgan fingerprint density at radius 1 is 1.33 bits per heavy atom. The minimum Gasteiger partial charge on any atom is -0.381 e. The van der Waals surface area contributed by atoms with E-state index in [1.807, 2.05) is 50.4 Å². The zero-order valence-electron chi connectivity index (χ0n) is 14.1. The van der Waals surface area contributed by atoms with Crippen molar-refractivity contribution in [1.29, 1.82) is 5.26 Å². The molecule has 3 aromatic rings. The lowest BCUT2D eigenvalue weighted by molar-refractivity contribution is 0.129. The Hall–Kier alpha value is -2.84. The Bertz CT molecular complexity index is 907. The van der Waals surface area contributed by atoms with Gasteiger partial charge < -0.3 is 15.0 Å². The van der Waals surface area contributed by atoms with Crippen molar-refractivity contribution in [3.8, 4) is 17.3 Å². The highest BCUT2D eigenvalue weighted by Gasteiger charge is 2.11. The number of hydrogen-bond acceptors (Lipinski definition) is 4. The largest absolute Gasteiger partial charge is 0.381 e. The van der Waals surface area contributed by atoms with Crippen LogP contribution in [0.2, 0.25) is 0 Å². The van der Waals surface area contributed by atoms with Crippen LogP contribution in [0.15, 0.2) is 36.5 Å². The second-order valence-corrected chi connectivity index (χ2v) is 5.80. The van der Waals surface area contributed by atoms with E-state index in [1.54, 1.807) is 7.11 Å². The lowest BCUT2D eigenvalue weighted by Gasteiger charge is -2.14. The maximum atomic E-state index is 9.22. The molecule has 1 aromatic carbocycles. The summed E-state index contributed by atoms with van der Waals surface area (Å²) in [6, 6.07) is 12.0. The van der Waals surface area contributed by atoms with Gasteiger partial charge in [0.2, 0.25) is 0 Å². The number of nitrogens with zero attached hydrogens (tertiary/aromatic N) is 2. The number of nitriles is 1. The average Bonchev–Trinajstić information content (AvgIpc) is 3.04. The molecule has 2 N–H and O–H groups in total. The van der Waals surface area contributed by atoms with Crippen LogP contribution in [0.1, 0.15) is 18.2 Å². The van der Waals surface area contributed by atoms with Gasteiger partial charge in [-0.3, -0.25) is 4.98 Å². The number of hydrogen-bond donors (Lipinski definition) is 2. The number of methoxy groups -OCH3 is 1. The molecule has 5 nitrogen and oxygen atoms in total. The van der Waals surface area contributed by atoms with Crippen LogP contribution in [0.25, 0.3) is 22.2 Å². The van der Waals surface area contributed by atoms with E-state index in [2.05, 4.69) is 16.4 Å². The summed E-state index contributed by atoms with van der Waals surface area (Å²) in [4.78, 5) is 7.91. The second-order valence-electron chi connectivity index (χ2n) is 5.80. The van der Waals surface area contributed by atoms with Crippen molar-refractivity contribution >= 4 is 16.6 Å². The quantitative estimate of drug-likeness (QED) is 0.748. The molecule has 0 radical (unpaired) electrons. The first-order valence-electron chi connectivity index (χ1n) is 7.89. The van der Waals surface area contributed by atoms with Gasteiger partial charge in [0, 0.05) is 30.8 Å². The Balaban J connectivity index is 1.94. The third-order valence-electron chi connectivity index (χ3n) is 4.18. The van der Waals surface area contributed by atoms with Gasteiger partial charge in [0.25, 0.3) is 0 Å². The monoisotopic (exact) mass is 320 g/mol. The van der Waals surface area contributed by atoms with Gasteiger partial charge in [-0.25, -0.2) is 0 Å². The number of aromatic nitrogens is 2. The van der Waals surface area contributed by atoms with E-state index in [1.165, 1.54) is 0 Å². The van der Waals surface area contributed by atoms with Gasteiger partial charge in [0.15, 0.2) is 0 Å². The minimum atomic E-state index is 0.141. The fourth-order valence-corrected chi connectivity index (χ4v) is 2.69. The number of fused-ring (bicyclic) bond motifs is 1. The predicted octanol–water partition coefficient (Wildman–Crippen LogP) is 3.86. The third-order valence-corrected chi connectivity index (χ3v) is 4.18. The molecule has 1 atom stereocenters. The summed E-state index contributed by atoms with van der Waals surface area (Å²) >= 11 is 0. The number of para-hydroxylation sites is 1. The number of H-pyrrole nitrogens is 1. The van der Waals surface area contributed by atoms with E-state index in [4.69, 9.17) is 9.72 Å². The molecular weight excluding hydrogens is 300 g/mol. The van der Waals surface area contributed by atoms with Crippen molar-refractivity contribution in [3.63, 3.8) is 0 Å². The summed E-state index contributed by atoms with van der Waals surface area (Å²) in [6.07, 6.45) is 2.05. The molecule has 0 aliphatic heterocycles. The summed E-state index contributed by atoms with van der Waals surface area (Å²) in [5, 5.41) is 13.6. The molecule has 0 spiro atoms. The highest BCUT2D eigenvalue weighted by molar-refractivity contribution is 5.97. The number of rotatable bonds is 5. The Morgan fingerprint density at radius 2 is 2.17 bits per heavy atom. The van der Waals surface area contributed by atoms with Gasteiger partial charge in [-0.05, 0) is 32.0 Å². The number of pyridine rings is 1. The molecule has 0 aliphatic carbocycles. The van der Waals surface area contributed by atoms with Crippen molar-refractivity contribution in [1.82, 2.24) is 9.97 Å². The van der Waals surface area contributed by atoms with Crippen LogP contribution in [0.5, 0.6) is 0 Å². The molecule has 0 aliphatic rings. The minimum absolute atomic E-state index is 0.141. The van der Waals surface area contributed by atoms with E-state index < -0.39 is 0 Å². The molecule has 1 unspecified atom stereocenters. The average molecular weight is 320 g/mol. The van der Waals surface area contributed by atoms with Gasteiger partial charge >= 0.3 is 0 Å². The summed E-state index contributed by atoms with van der Waals surface area (Å²) in [6.45, 7) is 4.73. The van der Waals surface area contributed by atoms with Crippen LogP contribution < -0.4 is 5.32 Å². The number of aryl methyl sites for hydroxylation is 1. The molecule has 0 bridgehead atoms. The number of benzene rings is 1. The van der Waals surface area contributed by atoms with Crippen LogP contribution in [-0.2, 0) is 4.74 Å². The first-order chi connectivity index (χ1) is 11.6. The molecule has 122 valence electrons. The van der Waals surface area contributed by atoms with Crippen LogP contribution in [0.3, 0.4) is 0 Å².